The van der Waals surface area contributed by atoms with Gasteiger partial charge in [0.25, 0.3) is 0 Å². The highest BCUT2D eigenvalue weighted by Crippen LogP contribution is 2.19. The average Bonchev–Trinajstić information content (AvgIpc) is 2.29. The van der Waals surface area contributed by atoms with Gasteiger partial charge in [-0.1, -0.05) is 6.07 Å². The van der Waals surface area contributed by atoms with Crippen molar-refractivity contribution >= 4 is 11.0 Å². The zero-order valence-corrected chi connectivity index (χ0v) is 9.82. The van der Waals surface area contributed by atoms with Crippen LogP contribution in [0.5, 0.6) is 5.75 Å². The van der Waals surface area contributed by atoms with Crippen molar-refractivity contribution in [1.82, 2.24) is 4.31 Å². The van der Waals surface area contributed by atoms with E-state index >= 15 is 0 Å². The second kappa shape index (κ2) is 4.95. The van der Waals surface area contributed by atoms with Crippen LogP contribution in [0.1, 0.15) is 12.8 Å². The summed E-state index contributed by atoms with van der Waals surface area (Å²) < 4.78 is 14.0. The summed E-state index contributed by atoms with van der Waals surface area (Å²) >= 11 is 0. The number of nitrogens with two attached hydrogens (primary N) is 1. The second-order valence-electron chi connectivity index (χ2n) is 4.01. The van der Waals surface area contributed by atoms with Crippen molar-refractivity contribution in [2.45, 2.75) is 23.8 Å². The van der Waals surface area contributed by atoms with Gasteiger partial charge in [0.1, 0.15) is 16.7 Å². The zero-order chi connectivity index (χ0) is 11.5. The number of phenols is 1. The summed E-state index contributed by atoms with van der Waals surface area (Å²) in [7, 11) is -1.18. The highest BCUT2D eigenvalue weighted by Gasteiger charge is 2.21. The third-order valence-corrected chi connectivity index (χ3v) is 4.24. The molecule has 0 radical (unpaired) electrons. The fourth-order valence-electron chi connectivity index (χ4n) is 1.78. The van der Waals surface area contributed by atoms with Gasteiger partial charge in [0.15, 0.2) is 0 Å². The third kappa shape index (κ3) is 2.61. The molecule has 5 heteroatoms. The van der Waals surface area contributed by atoms with Crippen LogP contribution < -0.4 is 5.73 Å². The maximum Gasteiger partial charge on any atom is 0.127 e. The van der Waals surface area contributed by atoms with Gasteiger partial charge in [0, 0.05) is 19.1 Å². The number of hydrogen-bond donors (Lipinski definition) is 2. The molecule has 0 bridgehead atoms. The molecule has 1 aromatic carbocycles. The highest BCUT2D eigenvalue weighted by atomic mass is 32.2. The molecule has 3 N–H and O–H groups in total. The molecular weight excluding hydrogens is 224 g/mol. The van der Waals surface area contributed by atoms with Gasteiger partial charge in [0.2, 0.25) is 0 Å². The maximum atomic E-state index is 12.1. The Balaban J connectivity index is 2.08. The van der Waals surface area contributed by atoms with E-state index in [1.54, 1.807) is 24.3 Å². The fraction of sp³-hybridized carbons (Fsp3) is 0.455. The SMILES string of the molecule is NC1CCN(S(=O)c2cccc(O)c2)CC1. The number of benzene rings is 1. The van der Waals surface area contributed by atoms with Gasteiger partial charge in [-0.2, -0.15) is 0 Å². The Morgan fingerprint density at radius 1 is 1.38 bits per heavy atom. The molecule has 1 atom stereocenters. The van der Waals surface area contributed by atoms with Crippen molar-refractivity contribution < 1.29 is 9.32 Å². The van der Waals surface area contributed by atoms with Crippen LogP contribution in [0.15, 0.2) is 29.2 Å². The Morgan fingerprint density at radius 2 is 2.06 bits per heavy atom. The van der Waals surface area contributed by atoms with Crippen LogP contribution >= 0.6 is 0 Å². The van der Waals surface area contributed by atoms with E-state index in [9.17, 15) is 9.32 Å². The number of hydrogen-bond acceptors (Lipinski definition) is 3. The third-order valence-electron chi connectivity index (χ3n) is 2.75. The predicted molar refractivity (Wildman–Crippen MR) is 63.3 cm³/mol. The minimum atomic E-state index is -1.18. The first kappa shape index (κ1) is 11.6. The van der Waals surface area contributed by atoms with Crippen LogP contribution in [0.4, 0.5) is 0 Å². The molecule has 1 fully saturated rings. The quantitative estimate of drug-likeness (QED) is 0.805. The van der Waals surface area contributed by atoms with E-state index in [0.717, 1.165) is 25.9 Å². The molecule has 88 valence electrons. The summed E-state index contributed by atoms with van der Waals surface area (Å²) in [5.74, 6) is 0.152. The van der Waals surface area contributed by atoms with Crippen molar-refractivity contribution in [2.75, 3.05) is 13.1 Å². The lowest BCUT2D eigenvalue weighted by molar-refractivity contribution is 0.334. The van der Waals surface area contributed by atoms with Crippen LogP contribution in [0.2, 0.25) is 0 Å². The molecule has 0 spiro atoms. The van der Waals surface area contributed by atoms with E-state index in [2.05, 4.69) is 0 Å². The largest absolute Gasteiger partial charge is 0.508 e. The van der Waals surface area contributed by atoms with Crippen LogP contribution in [-0.2, 0) is 11.0 Å². The maximum absolute atomic E-state index is 12.1. The number of phenolic OH excluding ortho intramolecular Hbond substituents is 1. The molecule has 0 aromatic heterocycles. The molecule has 1 heterocycles. The normalized spacial score (nSPS) is 20.8. The molecule has 2 rings (SSSR count). The molecule has 0 saturated carbocycles. The molecule has 1 aromatic rings. The first-order valence-corrected chi connectivity index (χ1v) is 6.49. The van der Waals surface area contributed by atoms with Gasteiger partial charge in [-0.25, -0.2) is 8.51 Å². The van der Waals surface area contributed by atoms with E-state index in [1.807, 2.05) is 4.31 Å². The second-order valence-corrected chi connectivity index (χ2v) is 5.50. The Labute approximate surface area is 97.7 Å². The van der Waals surface area contributed by atoms with Crippen molar-refractivity contribution in [3.63, 3.8) is 0 Å². The molecule has 1 aliphatic heterocycles. The Bertz CT molecular complexity index is 389. The lowest BCUT2D eigenvalue weighted by atomic mass is 10.1. The number of rotatable bonds is 2. The van der Waals surface area contributed by atoms with Crippen molar-refractivity contribution in [2.24, 2.45) is 5.73 Å². The van der Waals surface area contributed by atoms with Gasteiger partial charge in [-0.05, 0) is 31.0 Å². The Hall–Kier alpha value is -0.910. The van der Waals surface area contributed by atoms with Crippen molar-refractivity contribution in [3.05, 3.63) is 24.3 Å². The standard InChI is InChI=1S/C11H16N2O2S/c12-9-4-6-13(7-5-9)16(15)11-3-1-2-10(14)8-11/h1-3,8-9,14H,4-7,12H2. The van der Waals surface area contributed by atoms with E-state index in [1.165, 1.54) is 0 Å². The summed E-state index contributed by atoms with van der Waals surface area (Å²) in [6.07, 6.45) is 1.76. The highest BCUT2D eigenvalue weighted by molar-refractivity contribution is 7.82. The zero-order valence-electron chi connectivity index (χ0n) is 9.00. The molecule has 16 heavy (non-hydrogen) atoms. The van der Waals surface area contributed by atoms with Crippen LogP contribution in [0, 0.1) is 0 Å². The number of piperidine rings is 1. The Morgan fingerprint density at radius 3 is 2.69 bits per heavy atom. The predicted octanol–water partition coefficient (Wildman–Crippen LogP) is 0.838. The Kier molecular flexibility index (Phi) is 3.58. The molecule has 1 saturated heterocycles. The monoisotopic (exact) mass is 240 g/mol. The molecule has 4 nitrogen and oxygen atoms in total. The smallest absolute Gasteiger partial charge is 0.127 e. The van der Waals surface area contributed by atoms with Crippen LogP contribution in [-0.4, -0.2) is 32.8 Å². The summed E-state index contributed by atoms with van der Waals surface area (Å²) in [6.45, 7) is 1.51. The number of aromatic hydroxyl groups is 1. The van der Waals surface area contributed by atoms with Crippen molar-refractivity contribution in [3.8, 4) is 5.75 Å². The topological polar surface area (TPSA) is 66.6 Å². The summed E-state index contributed by atoms with van der Waals surface area (Å²) in [4.78, 5) is 0.649. The summed E-state index contributed by atoms with van der Waals surface area (Å²) in [6, 6.07) is 6.83. The van der Waals surface area contributed by atoms with E-state index in [4.69, 9.17) is 5.73 Å². The molecule has 1 aliphatic rings. The van der Waals surface area contributed by atoms with Gasteiger partial charge < -0.3 is 10.8 Å². The van der Waals surface area contributed by atoms with Gasteiger partial charge >= 0.3 is 0 Å². The fourth-order valence-corrected chi connectivity index (χ4v) is 3.04. The lowest BCUT2D eigenvalue weighted by Crippen LogP contribution is -2.40. The van der Waals surface area contributed by atoms with Crippen molar-refractivity contribution in [1.29, 1.82) is 0 Å². The lowest BCUT2D eigenvalue weighted by Gasteiger charge is -2.28. The molecule has 0 aliphatic carbocycles. The molecule has 1 unspecified atom stereocenters. The van der Waals surface area contributed by atoms with Gasteiger partial charge in [0.05, 0.1) is 4.90 Å². The summed E-state index contributed by atoms with van der Waals surface area (Å²) in [5, 5.41) is 9.33. The minimum absolute atomic E-state index is 0.152. The average molecular weight is 240 g/mol. The van der Waals surface area contributed by atoms with E-state index in [-0.39, 0.29) is 11.8 Å². The molecule has 0 amide bonds. The first-order chi connectivity index (χ1) is 7.66. The van der Waals surface area contributed by atoms with E-state index < -0.39 is 11.0 Å². The number of nitrogens with zero attached hydrogens (tertiary/aromatic N) is 1. The first-order valence-electron chi connectivity index (χ1n) is 5.38. The van der Waals surface area contributed by atoms with Gasteiger partial charge in [-0.15, -0.1) is 0 Å². The van der Waals surface area contributed by atoms with E-state index in [0.29, 0.717) is 4.90 Å². The molecular formula is C11H16N2O2S. The minimum Gasteiger partial charge on any atom is -0.508 e. The van der Waals surface area contributed by atoms with Crippen LogP contribution in [0.3, 0.4) is 0 Å². The van der Waals surface area contributed by atoms with Gasteiger partial charge in [-0.3, -0.25) is 0 Å². The van der Waals surface area contributed by atoms with Crippen LogP contribution in [0.25, 0.3) is 0 Å². The summed E-state index contributed by atoms with van der Waals surface area (Å²) in [5.41, 5.74) is 5.79.